The summed E-state index contributed by atoms with van der Waals surface area (Å²) in [6, 6.07) is 8.89. The summed E-state index contributed by atoms with van der Waals surface area (Å²) in [5.41, 5.74) is 1.66. The maximum absolute atomic E-state index is 13.4. The summed E-state index contributed by atoms with van der Waals surface area (Å²) in [5, 5.41) is 10.8. The zero-order valence-electron chi connectivity index (χ0n) is 14.7. The molecule has 3 aromatic rings. The summed E-state index contributed by atoms with van der Waals surface area (Å²) >= 11 is 0. The largest absolute Gasteiger partial charge is 0.352 e. The Kier molecular flexibility index (Phi) is 3.07. The first kappa shape index (κ1) is 15.7. The van der Waals surface area contributed by atoms with Crippen molar-refractivity contribution in [3.8, 4) is 5.69 Å². The van der Waals surface area contributed by atoms with Crippen LogP contribution in [-0.4, -0.2) is 24.5 Å². The first-order valence-corrected chi connectivity index (χ1v) is 8.71. The van der Waals surface area contributed by atoms with E-state index in [2.05, 4.69) is 34.0 Å². The molecule has 27 heavy (non-hydrogen) atoms. The van der Waals surface area contributed by atoms with Crippen molar-refractivity contribution in [3.05, 3.63) is 99.1 Å². The molecule has 0 spiro atoms. The van der Waals surface area contributed by atoms with Crippen molar-refractivity contribution in [1.82, 2.24) is 24.5 Å². The van der Waals surface area contributed by atoms with E-state index in [4.69, 9.17) is 0 Å². The molecule has 2 heterocycles. The molecule has 2 aliphatic carbocycles. The second-order valence-electron chi connectivity index (χ2n) is 7.05. The smallest absolute Gasteiger partial charge is 0.246 e. The van der Waals surface area contributed by atoms with Crippen LogP contribution in [0.15, 0.2) is 76.6 Å². The van der Waals surface area contributed by atoms with Crippen LogP contribution in [0.3, 0.4) is 0 Å². The fraction of sp³-hybridized carbons (Fsp3) is 0.200. The fourth-order valence-corrected chi connectivity index (χ4v) is 4.69. The number of nitrogens with zero attached hydrogens (tertiary/aromatic N) is 4. The van der Waals surface area contributed by atoms with Gasteiger partial charge in [-0.05, 0) is 30.2 Å². The molecular formula is C20H17N5O2. The van der Waals surface area contributed by atoms with E-state index in [1.165, 1.54) is 4.68 Å². The Bertz CT molecular complexity index is 1180. The molecule has 2 bridgehead atoms. The molecule has 134 valence electrons. The number of nitrogens with one attached hydrogen (secondary N) is 1. The second-order valence-corrected chi connectivity index (χ2v) is 7.05. The first-order chi connectivity index (χ1) is 13.1. The molecule has 2 aliphatic rings. The monoisotopic (exact) mass is 359 g/mol. The van der Waals surface area contributed by atoms with Gasteiger partial charge in [-0.3, -0.25) is 0 Å². The lowest BCUT2D eigenvalue weighted by Crippen LogP contribution is -2.45. The molecule has 0 saturated carbocycles. The SMILES string of the molecule is C=C(C)C1(n2[nH]c(=O)n(-c3ccccc3)c2=O)C2C=CC1c1cnncc12. The number of aromatic nitrogens is 5. The zero-order chi connectivity index (χ0) is 18.8. The van der Waals surface area contributed by atoms with Gasteiger partial charge >= 0.3 is 11.4 Å². The van der Waals surface area contributed by atoms with Gasteiger partial charge in [-0.25, -0.2) is 23.9 Å². The first-order valence-electron chi connectivity index (χ1n) is 8.71. The quantitative estimate of drug-likeness (QED) is 0.723. The zero-order valence-corrected chi connectivity index (χ0v) is 14.7. The number of fused-ring (bicyclic) bond motifs is 5. The van der Waals surface area contributed by atoms with Crippen molar-refractivity contribution in [2.45, 2.75) is 24.3 Å². The Hall–Kier alpha value is -3.48. The van der Waals surface area contributed by atoms with Gasteiger partial charge in [0.2, 0.25) is 0 Å². The van der Waals surface area contributed by atoms with Crippen molar-refractivity contribution in [2.24, 2.45) is 0 Å². The van der Waals surface area contributed by atoms with Crippen LogP contribution in [0, 0.1) is 0 Å². The Morgan fingerprint density at radius 1 is 1.07 bits per heavy atom. The van der Waals surface area contributed by atoms with Gasteiger partial charge in [-0.1, -0.05) is 42.5 Å². The normalized spacial score (nSPS) is 24.9. The van der Waals surface area contributed by atoms with Crippen LogP contribution in [0.1, 0.15) is 29.9 Å². The number of para-hydroxylation sites is 1. The molecular weight excluding hydrogens is 342 g/mol. The molecule has 0 fully saturated rings. The summed E-state index contributed by atoms with van der Waals surface area (Å²) < 4.78 is 2.60. The lowest BCUT2D eigenvalue weighted by Gasteiger charge is -2.35. The maximum Gasteiger partial charge on any atom is 0.352 e. The number of allylic oxidation sites excluding steroid dienone is 3. The predicted octanol–water partition coefficient (Wildman–Crippen LogP) is 1.84. The van der Waals surface area contributed by atoms with Crippen LogP contribution in [0.2, 0.25) is 0 Å². The van der Waals surface area contributed by atoms with Crippen molar-refractivity contribution < 1.29 is 0 Å². The van der Waals surface area contributed by atoms with Gasteiger partial charge in [0, 0.05) is 11.8 Å². The standard InChI is InChI=1S/C20H17N5O2/c1-12(2)20(16-8-9-17(20)15-11-22-21-10-14(15)16)25-19(27)24(18(26)23-25)13-6-4-3-5-7-13/h3-11,16-17H,1H2,2H3,(H,23,26). The van der Waals surface area contributed by atoms with E-state index in [0.29, 0.717) is 5.69 Å². The van der Waals surface area contributed by atoms with Crippen LogP contribution in [-0.2, 0) is 5.54 Å². The highest BCUT2D eigenvalue weighted by Crippen LogP contribution is 2.61. The van der Waals surface area contributed by atoms with Crippen molar-refractivity contribution in [1.29, 1.82) is 0 Å². The van der Waals surface area contributed by atoms with Crippen LogP contribution >= 0.6 is 0 Å². The van der Waals surface area contributed by atoms with Gasteiger partial charge in [0.25, 0.3) is 0 Å². The minimum atomic E-state index is -0.802. The van der Waals surface area contributed by atoms with Gasteiger partial charge in [0.05, 0.1) is 18.1 Å². The van der Waals surface area contributed by atoms with Crippen LogP contribution < -0.4 is 11.4 Å². The van der Waals surface area contributed by atoms with Gasteiger partial charge in [0.15, 0.2) is 0 Å². The summed E-state index contributed by atoms with van der Waals surface area (Å²) in [7, 11) is 0. The number of aromatic amines is 1. The molecule has 5 rings (SSSR count). The van der Waals surface area contributed by atoms with Gasteiger partial charge in [0.1, 0.15) is 5.54 Å². The molecule has 2 aromatic heterocycles. The van der Waals surface area contributed by atoms with E-state index in [9.17, 15) is 9.59 Å². The molecule has 1 N–H and O–H groups in total. The minimum Gasteiger partial charge on any atom is -0.246 e. The second kappa shape index (κ2) is 5.26. The fourth-order valence-electron chi connectivity index (χ4n) is 4.69. The highest BCUT2D eigenvalue weighted by Gasteiger charge is 2.58. The number of hydrogen-bond acceptors (Lipinski definition) is 4. The molecule has 2 unspecified atom stereocenters. The third kappa shape index (κ3) is 1.80. The summed E-state index contributed by atoms with van der Waals surface area (Å²) in [4.78, 5) is 26.1. The Morgan fingerprint density at radius 2 is 1.67 bits per heavy atom. The van der Waals surface area contributed by atoms with Crippen LogP contribution in [0.25, 0.3) is 5.69 Å². The van der Waals surface area contributed by atoms with E-state index in [1.54, 1.807) is 36.7 Å². The molecule has 7 nitrogen and oxygen atoms in total. The topological polar surface area (TPSA) is 85.6 Å². The van der Waals surface area contributed by atoms with E-state index >= 15 is 0 Å². The maximum atomic E-state index is 13.4. The number of rotatable bonds is 3. The molecule has 2 atom stereocenters. The van der Waals surface area contributed by atoms with Crippen LogP contribution in [0.4, 0.5) is 0 Å². The lowest BCUT2D eigenvalue weighted by atomic mass is 9.78. The summed E-state index contributed by atoms with van der Waals surface area (Å²) in [5.74, 6) is -0.268. The molecule has 0 amide bonds. The number of benzene rings is 1. The molecule has 0 radical (unpaired) electrons. The third-order valence-electron chi connectivity index (χ3n) is 5.77. The molecule has 0 aliphatic heterocycles. The number of H-pyrrole nitrogens is 1. The van der Waals surface area contributed by atoms with E-state index in [0.717, 1.165) is 21.3 Å². The lowest BCUT2D eigenvalue weighted by molar-refractivity contribution is 0.282. The van der Waals surface area contributed by atoms with Gasteiger partial charge in [-0.15, -0.1) is 0 Å². The van der Waals surface area contributed by atoms with E-state index < -0.39 is 16.9 Å². The van der Waals surface area contributed by atoms with Gasteiger partial charge < -0.3 is 0 Å². The average Bonchev–Trinajstić information content (AvgIpc) is 3.30. The molecule has 7 heteroatoms. The highest BCUT2D eigenvalue weighted by atomic mass is 16.2. The molecule has 0 saturated heterocycles. The van der Waals surface area contributed by atoms with E-state index in [1.807, 2.05) is 13.0 Å². The Morgan fingerprint density at radius 3 is 2.22 bits per heavy atom. The summed E-state index contributed by atoms with van der Waals surface area (Å²) in [6.07, 6.45) is 7.60. The van der Waals surface area contributed by atoms with Crippen molar-refractivity contribution in [2.75, 3.05) is 0 Å². The van der Waals surface area contributed by atoms with E-state index in [-0.39, 0.29) is 11.8 Å². The minimum absolute atomic E-state index is 0.134. The van der Waals surface area contributed by atoms with Gasteiger partial charge in [-0.2, -0.15) is 10.2 Å². The number of hydrogen-bond donors (Lipinski definition) is 1. The predicted molar refractivity (Wildman–Crippen MR) is 100 cm³/mol. The average molecular weight is 359 g/mol. The Balaban J connectivity index is 1.79. The highest BCUT2D eigenvalue weighted by molar-refractivity contribution is 5.55. The van der Waals surface area contributed by atoms with Crippen molar-refractivity contribution in [3.63, 3.8) is 0 Å². The van der Waals surface area contributed by atoms with Crippen LogP contribution in [0.5, 0.6) is 0 Å². The molecule has 1 aromatic carbocycles. The Labute approximate surface area is 154 Å². The third-order valence-corrected chi connectivity index (χ3v) is 5.77. The van der Waals surface area contributed by atoms with Crippen molar-refractivity contribution >= 4 is 0 Å². The summed E-state index contributed by atoms with van der Waals surface area (Å²) in [6.45, 7) is 6.08.